The summed E-state index contributed by atoms with van der Waals surface area (Å²) in [4.78, 5) is 2.50. The predicted molar refractivity (Wildman–Crippen MR) is 56.7 cm³/mol. The molecule has 0 aromatic carbocycles. The highest BCUT2D eigenvalue weighted by Crippen LogP contribution is 2.28. The Bertz CT molecular complexity index is 225. The summed E-state index contributed by atoms with van der Waals surface area (Å²) in [5.74, 6) is 0. The van der Waals surface area contributed by atoms with Gasteiger partial charge in [0.25, 0.3) is 0 Å². The highest BCUT2D eigenvalue weighted by molar-refractivity contribution is 4.92. The standard InChI is InChI=1S/C11H20N2O2/c12-10-3-4-14-7-11(10)13-5-8-1-2-9(6-13)15-8/h8-11H,1-7,12H2. The normalized spacial score (nSPS) is 47.0. The number of likely N-dealkylation sites (tertiary alicyclic amines) is 1. The zero-order chi connectivity index (χ0) is 10.3. The van der Waals surface area contributed by atoms with Crippen molar-refractivity contribution in [2.75, 3.05) is 26.3 Å². The molecule has 4 atom stereocenters. The van der Waals surface area contributed by atoms with Crippen LogP contribution in [0.1, 0.15) is 19.3 Å². The highest BCUT2D eigenvalue weighted by Gasteiger charge is 2.38. The molecule has 4 unspecified atom stereocenters. The molecule has 0 spiro atoms. The van der Waals surface area contributed by atoms with Gasteiger partial charge in [0, 0.05) is 31.8 Å². The van der Waals surface area contributed by atoms with Gasteiger partial charge in [-0.15, -0.1) is 0 Å². The Morgan fingerprint density at radius 1 is 1.07 bits per heavy atom. The van der Waals surface area contributed by atoms with Crippen LogP contribution in [-0.2, 0) is 9.47 Å². The van der Waals surface area contributed by atoms with Gasteiger partial charge in [-0.05, 0) is 19.3 Å². The lowest BCUT2D eigenvalue weighted by Crippen LogP contribution is -2.58. The summed E-state index contributed by atoms with van der Waals surface area (Å²) in [5.41, 5.74) is 6.16. The number of morpholine rings is 1. The van der Waals surface area contributed by atoms with Crippen LogP contribution in [0, 0.1) is 0 Å². The molecule has 0 amide bonds. The summed E-state index contributed by atoms with van der Waals surface area (Å²) >= 11 is 0. The molecule has 0 radical (unpaired) electrons. The maximum Gasteiger partial charge on any atom is 0.0707 e. The van der Waals surface area contributed by atoms with E-state index in [1.165, 1.54) is 12.8 Å². The van der Waals surface area contributed by atoms with E-state index in [9.17, 15) is 0 Å². The van der Waals surface area contributed by atoms with Crippen LogP contribution in [-0.4, -0.2) is 55.5 Å². The van der Waals surface area contributed by atoms with Crippen LogP contribution in [0.25, 0.3) is 0 Å². The Kier molecular flexibility index (Phi) is 2.68. The second-order valence-electron chi connectivity index (χ2n) is 5.01. The average molecular weight is 212 g/mol. The van der Waals surface area contributed by atoms with E-state index in [2.05, 4.69) is 4.90 Å². The molecule has 15 heavy (non-hydrogen) atoms. The smallest absolute Gasteiger partial charge is 0.0707 e. The van der Waals surface area contributed by atoms with E-state index in [0.29, 0.717) is 18.2 Å². The molecule has 3 heterocycles. The number of nitrogens with two attached hydrogens (primary N) is 1. The third-order valence-corrected chi connectivity index (χ3v) is 3.92. The molecule has 0 aliphatic carbocycles. The average Bonchev–Trinajstić information content (AvgIpc) is 2.58. The van der Waals surface area contributed by atoms with Crippen molar-refractivity contribution in [1.82, 2.24) is 4.90 Å². The Hall–Kier alpha value is -0.160. The first-order valence-corrected chi connectivity index (χ1v) is 6.06. The number of hydrogen-bond donors (Lipinski definition) is 1. The van der Waals surface area contributed by atoms with Crippen molar-refractivity contribution in [2.45, 2.75) is 43.6 Å². The van der Waals surface area contributed by atoms with E-state index in [1.54, 1.807) is 0 Å². The molecule has 4 nitrogen and oxygen atoms in total. The molecule has 0 aromatic rings. The molecule has 3 saturated heterocycles. The summed E-state index contributed by atoms with van der Waals surface area (Å²) in [6, 6.07) is 0.710. The van der Waals surface area contributed by atoms with Crippen molar-refractivity contribution in [3.63, 3.8) is 0 Å². The lowest BCUT2D eigenvalue weighted by molar-refractivity contribution is -0.0807. The van der Waals surface area contributed by atoms with Crippen LogP contribution >= 0.6 is 0 Å². The molecule has 2 N–H and O–H groups in total. The first-order valence-electron chi connectivity index (χ1n) is 6.06. The fourth-order valence-electron chi connectivity index (χ4n) is 3.03. The minimum atomic E-state index is 0.288. The van der Waals surface area contributed by atoms with Gasteiger partial charge in [0.1, 0.15) is 0 Å². The zero-order valence-electron chi connectivity index (χ0n) is 9.10. The molecule has 86 valence electrons. The van der Waals surface area contributed by atoms with Gasteiger partial charge in [-0.2, -0.15) is 0 Å². The van der Waals surface area contributed by atoms with Gasteiger partial charge < -0.3 is 15.2 Å². The fourth-order valence-corrected chi connectivity index (χ4v) is 3.03. The summed E-state index contributed by atoms with van der Waals surface area (Å²) < 4.78 is 11.4. The van der Waals surface area contributed by atoms with E-state index >= 15 is 0 Å². The third-order valence-electron chi connectivity index (χ3n) is 3.92. The van der Waals surface area contributed by atoms with Gasteiger partial charge in [0.2, 0.25) is 0 Å². The van der Waals surface area contributed by atoms with Crippen molar-refractivity contribution in [2.24, 2.45) is 5.73 Å². The lowest BCUT2D eigenvalue weighted by Gasteiger charge is -2.42. The highest BCUT2D eigenvalue weighted by atomic mass is 16.5. The number of ether oxygens (including phenoxy) is 2. The van der Waals surface area contributed by atoms with Gasteiger partial charge in [-0.25, -0.2) is 0 Å². The summed E-state index contributed by atoms with van der Waals surface area (Å²) in [6.45, 7) is 3.74. The van der Waals surface area contributed by atoms with Crippen LogP contribution in [0.3, 0.4) is 0 Å². The molecule has 3 rings (SSSR count). The predicted octanol–water partition coefficient (Wildman–Crippen LogP) is -0.0342. The zero-order valence-corrected chi connectivity index (χ0v) is 9.10. The number of rotatable bonds is 1. The molecular weight excluding hydrogens is 192 g/mol. The van der Waals surface area contributed by atoms with Gasteiger partial charge in [0.05, 0.1) is 18.8 Å². The van der Waals surface area contributed by atoms with Crippen LogP contribution in [0.15, 0.2) is 0 Å². The molecular formula is C11H20N2O2. The molecule has 3 fully saturated rings. The van der Waals surface area contributed by atoms with E-state index in [1.807, 2.05) is 0 Å². The maximum atomic E-state index is 6.16. The summed E-state index contributed by atoms with van der Waals surface area (Å²) in [5, 5.41) is 0. The van der Waals surface area contributed by atoms with E-state index in [4.69, 9.17) is 15.2 Å². The summed E-state index contributed by atoms with van der Waals surface area (Å²) in [7, 11) is 0. The van der Waals surface area contributed by atoms with Crippen LogP contribution in [0.4, 0.5) is 0 Å². The SMILES string of the molecule is NC1CCOCC1N1CC2CCC(C1)O2. The van der Waals surface area contributed by atoms with E-state index in [0.717, 1.165) is 32.7 Å². The van der Waals surface area contributed by atoms with E-state index in [-0.39, 0.29) is 6.04 Å². The minimum Gasteiger partial charge on any atom is -0.380 e. The Morgan fingerprint density at radius 3 is 2.47 bits per heavy atom. The van der Waals surface area contributed by atoms with Crippen LogP contribution < -0.4 is 5.73 Å². The number of hydrogen-bond acceptors (Lipinski definition) is 4. The van der Waals surface area contributed by atoms with Gasteiger partial charge in [-0.1, -0.05) is 0 Å². The Morgan fingerprint density at radius 2 is 1.80 bits per heavy atom. The van der Waals surface area contributed by atoms with E-state index < -0.39 is 0 Å². The minimum absolute atomic E-state index is 0.288. The number of fused-ring (bicyclic) bond motifs is 2. The molecule has 0 aromatic heterocycles. The lowest BCUT2D eigenvalue weighted by atomic mass is 10.0. The second kappa shape index (κ2) is 4.01. The number of nitrogens with zero attached hydrogens (tertiary/aromatic N) is 1. The van der Waals surface area contributed by atoms with Crippen LogP contribution in [0.2, 0.25) is 0 Å². The van der Waals surface area contributed by atoms with Crippen molar-refractivity contribution in [3.05, 3.63) is 0 Å². The quantitative estimate of drug-likeness (QED) is 0.663. The monoisotopic (exact) mass is 212 g/mol. The van der Waals surface area contributed by atoms with Crippen molar-refractivity contribution >= 4 is 0 Å². The first-order chi connectivity index (χ1) is 7.33. The fraction of sp³-hybridized carbons (Fsp3) is 1.00. The molecule has 0 saturated carbocycles. The first kappa shape index (κ1) is 10.0. The topological polar surface area (TPSA) is 47.7 Å². The molecule has 3 aliphatic rings. The largest absolute Gasteiger partial charge is 0.380 e. The maximum absolute atomic E-state index is 6.16. The Labute approximate surface area is 90.7 Å². The van der Waals surface area contributed by atoms with Crippen molar-refractivity contribution in [1.29, 1.82) is 0 Å². The van der Waals surface area contributed by atoms with Crippen molar-refractivity contribution in [3.8, 4) is 0 Å². The molecule has 4 heteroatoms. The van der Waals surface area contributed by atoms with Gasteiger partial charge in [0.15, 0.2) is 0 Å². The van der Waals surface area contributed by atoms with Gasteiger partial charge >= 0.3 is 0 Å². The third kappa shape index (κ3) is 1.91. The summed E-state index contributed by atoms with van der Waals surface area (Å²) in [6.07, 6.45) is 4.36. The van der Waals surface area contributed by atoms with Crippen molar-refractivity contribution < 1.29 is 9.47 Å². The molecule has 2 bridgehead atoms. The molecule has 3 aliphatic heterocycles. The van der Waals surface area contributed by atoms with Crippen LogP contribution in [0.5, 0.6) is 0 Å². The van der Waals surface area contributed by atoms with Gasteiger partial charge in [-0.3, -0.25) is 4.90 Å². The second-order valence-corrected chi connectivity index (χ2v) is 5.01. The Balaban J connectivity index is 1.66.